The summed E-state index contributed by atoms with van der Waals surface area (Å²) in [6.45, 7) is 0. The Morgan fingerprint density at radius 2 is 1.71 bits per heavy atom. The number of hydrogen-bond acceptors (Lipinski definition) is 3. The first-order chi connectivity index (χ1) is 8.25. The van der Waals surface area contributed by atoms with Gasteiger partial charge in [-0.15, -0.1) is 0 Å². The van der Waals surface area contributed by atoms with Crippen LogP contribution in [0.4, 0.5) is 11.5 Å². The molecule has 84 valence electrons. The minimum Gasteiger partial charge on any atom is -0.399 e. The van der Waals surface area contributed by atoms with Gasteiger partial charge in [-0.25, -0.2) is 4.98 Å². The predicted octanol–water partition coefficient (Wildman–Crippen LogP) is 2.17. The second-order valence-corrected chi connectivity index (χ2v) is 3.91. The first-order valence-corrected chi connectivity index (χ1v) is 5.33. The molecule has 0 spiro atoms. The molecule has 0 aliphatic carbocycles. The number of hydrogen-bond donors (Lipinski definition) is 2. The molecule has 3 rings (SSSR count). The molecule has 4 heteroatoms. The number of pyridine rings is 1. The Morgan fingerprint density at radius 3 is 2.47 bits per heavy atom. The van der Waals surface area contributed by atoms with Crippen LogP contribution in [-0.4, -0.2) is 9.38 Å². The zero-order chi connectivity index (χ0) is 11.8. The van der Waals surface area contributed by atoms with Crippen molar-refractivity contribution in [2.75, 3.05) is 11.5 Å². The van der Waals surface area contributed by atoms with E-state index in [1.165, 1.54) is 0 Å². The lowest BCUT2D eigenvalue weighted by atomic mass is 10.2. The highest BCUT2D eigenvalue weighted by molar-refractivity contribution is 5.67. The summed E-state index contributed by atoms with van der Waals surface area (Å²) in [5.74, 6) is 1.50. The van der Waals surface area contributed by atoms with E-state index in [2.05, 4.69) is 4.98 Å². The van der Waals surface area contributed by atoms with Crippen molar-refractivity contribution in [3.63, 3.8) is 0 Å². The van der Waals surface area contributed by atoms with Gasteiger partial charge in [-0.2, -0.15) is 0 Å². The number of nitrogens with zero attached hydrogens (tertiary/aromatic N) is 2. The monoisotopic (exact) mass is 224 g/mol. The molecule has 0 unspecified atom stereocenters. The van der Waals surface area contributed by atoms with Crippen LogP contribution in [0.15, 0.2) is 48.7 Å². The predicted molar refractivity (Wildman–Crippen MR) is 69.5 cm³/mol. The lowest BCUT2D eigenvalue weighted by molar-refractivity contribution is 1.17. The fourth-order valence-corrected chi connectivity index (χ4v) is 1.91. The topological polar surface area (TPSA) is 69.3 Å². The number of nitrogens with two attached hydrogens (primary N) is 2. The second kappa shape index (κ2) is 3.52. The largest absolute Gasteiger partial charge is 0.399 e. The van der Waals surface area contributed by atoms with Crippen molar-refractivity contribution >= 4 is 17.0 Å². The molecule has 2 heterocycles. The number of imidazole rings is 1. The van der Waals surface area contributed by atoms with Crippen molar-refractivity contribution in [2.24, 2.45) is 0 Å². The van der Waals surface area contributed by atoms with Crippen LogP contribution >= 0.6 is 0 Å². The second-order valence-electron chi connectivity index (χ2n) is 3.91. The van der Waals surface area contributed by atoms with Crippen LogP contribution in [0.3, 0.4) is 0 Å². The van der Waals surface area contributed by atoms with Crippen molar-refractivity contribution in [3.05, 3.63) is 48.7 Å². The van der Waals surface area contributed by atoms with Crippen LogP contribution < -0.4 is 11.5 Å². The maximum atomic E-state index is 5.97. The molecule has 17 heavy (non-hydrogen) atoms. The third-order valence-corrected chi connectivity index (χ3v) is 2.75. The van der Waals surface area contributed by atoms with Crippen LogP contribution in [0.25, 0.3) is 16.9 Å². The molecule has 0 aliphatic heterocycles. The zero-order valence-electron chi connectivity index (χ0n) is 9.17. The van der Waals surface area contributed by atoms with Gasteiger partial charge in [0.05, 0.1) is 11.7 Å². The van der Waals surface area contributed by atoms with E-state index in [-0.39, 0.29) is 0 Å². The van der Waals surface area contributed by atoms with Gasteiger partial charge in [-0.1, -0.05) is 6.07 Å². The van der Waals surface area contributed by atoms with E-state index >= 15 is 0 Å². The molecule has 0 fully saturated rings. The lowest BCUT2D eigenvalue weighted by Gasteiger charge is -2.05. The van der Waals surface area contributed by atoms with E-state index in [4.69, 9.17) is 11.5 Å². The quantitative estimate of drug-likeness (QED) is 0.622. The third kappa shape index (κ3) is 1.50. The minimum atomic E-state index is 0.673. The van der Waals surface area contributed by atoms with Crippen LogP contribution in [0.1, 0.15) is 0 Å². The Balaban J connectivity index is 2.27. The van der Waals surface area contributed by atoms with E-state index < -0.39 is 0 Å². The van der Waals surface area contributed by atoms with Crippen LogP contribution in [0.5, 0.6) is 0 Å². The Morgan fingerprint density at radius 1 is 0.941 bits per heavy atom. The number of benzene rings is 1. The number of rotatable bonds is 1. The van der Waals surface area contributed by atoms with Crippen molar-refractivity contribution in [1.82, 2.24) is 9.38 Å². The highest BCUT2D eigenvalue weighted by Crippen LogP contribution is 2.23. The van der Waals surface area contributed by atoms with Gasteiger partial charge in [-0.3, -0.25) is 4.40 Å². The SMILES string of the molecule is Nc1ccc(-c2ncc3cccc(N)n23)cc1. The summed E-state index contributed by atoms with van der Waals surface area (Å²) < 4.78 is 1.92. The lowest BCUT2D eigenvalue weighted by Crippen LogP contribution is -1.98. The van der Waals surface area contributed by atoms with E-state index in [9.17, 15) is 0 Å². The minimum absolute atomic E-state index is 0.673. The van der Waals surface area contributed by atoms with Crippen LogP contribution in [0.2, 0.25) is 0 Å². The van der Waals surface area contributed by atoms with Crippen molar-refractivity contribution in [1.29, 1.82) is 0 Å². The highest BCUT2D eigenvalue weighted by atomic mass is 15.1. The summed E-state index contributed by atoms with van der Waals surface area (Å²) in [7, 11) is 0. The summed E-state index contributed by atoms with van der Waals surface area (Å²) in [5.41, 5.74) is 14.4. The van der Waals surface area contributed by atoms with Crippen molar-refractivity contribution in [2.45, 2.75) is 0 Å². The molecular formula is C13H12N4. The van der Waals surface area contributed by atoms with E-state index in [1.807, 2.05) is 53.1 Å². The third-order valence-electron chi connectivity index (χ3n) is 2.75. The van der Waals surface area contributed by atoms with Gasteiger partial charge in [0.1, 0.15) is 11.6 Å². The number of fused-ring (bicyclic) bond motifs is 1. The maximum absolute atomic E-state index is 5.97. The molecule has 0 aliphatic rings. The molecule has 0 amide bonds. The van der Waals surface area contributed by atoms with E-state index in [1.54, 1.807) is 0 Å². The van der Waals surface area contributed by atoms with E-state index in [0.29, 0.717) is 5.82 Å². The number of aromatic nitrogens is 2. The number of anilines is 2. The average Bonchev–Trinajstić information content (AvgIpc) is 2.75. The molecule has 0 saturated heterocycles. The number of nitrogen functional groups attached to an aromatic ring is 2. The van der Waals surface area contributed by atoms with Gasteiger partial charge in [0.15, 0.2) is 0 Å². The molecule has 2 aromatic heterocycles. The van der Waals surface area contributed by atoms with Crippen LogP contribution in [-0.2, 0) is 0 Å². The van der Waals surface area contributed by atoms with Gasteiger partial charge >= 0.3 is 0 Å². The van der Waals surface area contributed by atoms with Crippen molar-refractivity contribution < 1.29 is 0 Å². The highest BCUT2D eigenvalue weighted by Gasteiger charge is 2.07. The standard InChI is InChI=1S/C13H12N4/c14-10-6-4-9(5-7-10)13-16-8-11-2-1-3-12(15)17(11)13/h1-8H,14-15H2. The fraction of sp³-hybridized carbons (Fsp3) is 0. The summed E-state index contributed by atoms with van der Waals surface area (Å²) in [5, 5.41) is 0. The summed E-state index contributed by atoms with van der Waals surface area (Å²) in [6, 6.07) is 13.3. The van der Waals surface area contributed by atoms with Gasteiger partial charge in [0.25, 0.3) is 0 Å². The Hall–Kier alpha value is -2.49. The van der Waals surface area contributed by atoms with Crippen molar-refractivity contribution in [3.8, 4) is 11.4 Å². The molecule has 3 aromatic rings. The first kappa shape index (κ1) is 9.72. The molecule has 0 saturated carbocycles. The van der Waals surface area contributed by atoms with Crippen LogP contribution in [0, 0.1) is 0 Å². The first-order valence-electron chi connectivity index (χ1n) is 5.33. The smallest absolute Gasteiger partial charge is 0.146 e. The van der Waals surface area contributed by atoms with Gasteiger partial charge < -0.3 is 11.5 Å². The average molecular weight is 224 g/mol. The Kier molecular flexibility index (Phi) is 2.01. The summed E-state index contributed by atoms with van der Waals surface area (Å²) in [4.78, 5) is 4.40. The zero-order valence-corrected chi connectivity index (χ0v) is 9.17. The molecular weight excluding hydrogens is 212 g/mol. The molecule has 0 radical (unpaired) electrons. The molecule has 4 N–H and O–H groups in total. The summed E-state index contributed by atoms with van der Waals surface area (Å²) >= 11 is 0. The molecule has 4 nitrogen and oxygen atoms in total. The maximum Gasteiger partial charge on any atom is 0.146 e. The molecule has 0 atom stereocenters. The Bertz CT molecular complexity index is 667. The normalized spacial score (nSPS) is 10.8. The fourth-order valence-electron chi connectivity index (χ4n) is 1.91. The van der Waals surface area contributed by atoms with Gasteiger partial charge in [0, 0.05) is 11.3 Å². The summed E-state index contributed by atoms with van der Waals surface area (Å²) in [6.07, 6.45) is 1.81. The van der Waals surface area contributed by atoms with Gasteiger partial charge in [0.2, 0.25) is 0 Å². The van der Waals surface area contributed by atoms with Gasteiger partial charge in [-0.05, 0) is 36.4 Å². The van der Waals surface area contributed by atoms with E-state index in [0.717, 1.165) is 22.6 Å². The Labute approximate surface area is 98.5 Å². The molecule has 1 aromatic carbocycles. The molecule has 0 bridgehead atoms.